The maximum atomic E-state index is 12.0. The molecule has 0 atom stereocenters. The Hall–Kier alpha value is -2.68. The van der Waals surface area contributed by atoms with Crippen LogP contribution in [0.1, 0.15) is 35.3 Å². The lowest BCUT2D eigenvalue weighted by Crippen LogP contribution is -2.21. The van der Waals surface area contributed by atoms with Gasteiger partial charge in [0.2, 0.25) is 0 Å². The number of allylic oxidation sites excluding steroid dienone is 2. The number of ketones is 1. The van der Waals surface area contributed by atoms with Crippen molar-refractivity contribution in [2.75, 3.05) is 18.0 Å². The molecule has 0 N–H and O–H groups in total. The van der Waals surface area contributed by atoms with Gasteiger partial charge in [-0.3, -0.25) is 4.79 Å². The SMILES string of the molecule is CCN(CC)c1ccc(/N=C2\C=CC(=O)c3ccccc32)c(C)c1. The first-order valence-electron chi connectivity index (χ1n) is 8.40. The molecule has 3 rings (SSSR count). The molecule has 122 valence electrons. The Kier molecular flexibility index (Phi) is 4.61. The molecule has 0 radical (unpaired) electrons. The normalized spacial score (nSPS) is 14.8. The van der Waals surface area contributed by atoms with Crippen LogP contribution in [0.3, 0.4) is 0 Å². The molecule has 0 spiro atoms. The van der Waals surface area contributed by atoms with Gasteiger partial charge in [-0.1, -0.05) is 24.3 Å². The van der Waals surface area contributed by atoms with Gasteiger partial charge in [0.05, 0.1) is 11.4 Å². The highest BCUT2D eigenvalue weighted by molar-refractivity contribution is 6.24. The fourth-order valence-corrected chi connectivity index (χ4v) is 3.03. The van der Waals surface area contributed by atoms with E-state index in [2.05, 4.69) is 43.9 Å². The Balaban J connectivity index is 2.00. The Bertz CT molecular complexity index is 829. The van der Waals surface area contributed by atoms with Gasteiger partial charge in [-0.05, 0) is 56.7 Å². The van der Waals surface area contributed by atoms with Crippen LogP contribution < -0.4 is 4.90 Å². The van der Waals surface area contributed by atoms with E-state index in [4.69, 9.17) is 4.99 Å². The van der Waals surface area contributed by atoms with Gasteiger partial charge in [-0.2, -0.15) is 0 Å². The van der Waals surface area contributed by atoms with Crippen LogP contribution in [0.2, 0.25) is 0 Å². The molecular formula is C21H22N2O. The Morgan fingerprint density at radius 3 is 2.33 bits per heavy atom. The number of nitrogens with zero attached hydrogens (tertiary/aromatic N) is 2. The number of carbonyl (C=O) groups is 1. The van der Waals surface area contributed by atoms with Gasteiger partial charge in [0, 0.05) is 29.9 Å². The number of anilines is 1. The molecule has 0 saturated carbocycles. The van der Waals surface area contributed by atoms with E-state index in [1.807, 2.05) is 30.3 Å². The van der Waals surface area contributed by atoms with Crippen LogP contribution in [0.5, 0.6) is 0 Å². The highest BCUT2D eigenvalue weighted by Gasteiger charge is 2.17. The van der Waals surface area contributed by atoms with Gasteiger partial charge in [-0.25, -0.2) is 4.99 Å². The van der Waals surface area contributed by atoms with Crippen molar-refractivity contribution in [3.05, 3.63) is 71.3 Å². The lowest BCUT2D eigenvalue weighted by atomic mass is 9.94. The van der Waals surface area contributed by atoms with Gasteiger partial charge in [0.15, 0.2) is 5.78 Å². The second-order valence-electron chi connectivity index (χ2n) is 5.88. The first-order valence-corrected chi connectivity index (χ1v) is 8.40. The number of hydrogen-bond acceptors (Lipinski definition) is 3. The zero-order valence-electron chi connectivity index (χ0n) is 14.4. The zero-order valence-corrected chi connectivity index (χ0v) is 14.4. The highest BCUT2D eigenvalue weighted by atomic mass is 16.1. The molecule has 0 bridgehead atoms. The summed E-state index contributed by atoms with van der Waals surface area (Å²) in [4.78, 5) is 19.1. The van der Waals surface area contributed by atoms with Crippen molar-refractivity contribution in [1.29, 1.82) is 0 Å². The molecule has 0 saturated heterocycles. The average molecular weight is 318 g/mol. The highest BCUT2D eigenvalue weighted by Crippen LogP contribution is 2.27. The van der Waals surface area contributed by atoms with Crippen LogP contribution in [-0.4, -0.2) is 24.6 Å². The lowest BCUT2D eigenvalue weighted by molar-refractivity contribution is 0.104. The number of aryl methyl sites for hydroxylation is 1. The minimum Gasteiger partial charge on any atom is -0.372 e. The molecule has 0 aromatic heterocycles. The largest absolute Gasteiger partial charge is 0.372 e. The predicted octanol–water partition coefficient (Wildman–Crippen LogP) is 4.71. The molecule has 24 heavy (non-hydrogen) atoms. The number of carbonyl (C=O) groups excluding carboxylic acids is 1. The van der Waals surface area contributed by atoms with Gasteiger partial charge < -0.3 is 4.90 Å². The summed E-state index contributed by atoms with van der Waals surface area (Å²) < 4.78 is 0. The van der Waals surface area contributed by atoms with E-state index < -0.39 is 0 Å². The van der Waals surface area contributed by atoms with E-state index in [1.54, 1.807) is 6.08 Å². The second kappa shape index (κ2) is 6.83. The molecule has 1 aliphatic rings. The summed E-state index contributed by atoms with van der Waals surface area (Å²) in [7, 11) is 0. The number of aliphatic imine (C=N–C) groups is 1. The standard InChI is InChI=1S/C21H22N2O/c1-4-23(5-2)16-10-11-19(15(3)14-16)22-20-12-13-21(24)18-9-7-6-8-17(18)20/h6-14H,4-5H2,1-3H3/b22-20+. The minimum absolute atomic E-state index is 0.0400. The van der Waals surface area contributed by atoms with Gasteiger partial charge in [0.1, 0.15) is 0 Å². The smallest absolute Gasteiger partial charge is 0.186 e. The third-order valence-corrected chi connectivity index (χ3v) is 4.41. The zero-order chi connectivity index (χ0) is 17.1. The molecule has 2 aromatic rings. The summed E-state index contributed by atoms with van der Waals surface area (Å²) in [5.41, 5.74) is 5.75. The molecule has 0 unspecified atom stereocenters. The molecule has 0 fully saturated rings. The van der Waals surface area contributed by atoms with Crippen LogP contribution in [0, 0.1) is 6.92 Å². The van der Waals surface area contributed by atoms with Crippen LogP contribution in [0.15, 0.2) is 59.6 Å². The molecule has 3 nitrogen and oxygen atoms in total. The molecule has 1 aliphatic carbocycles. The van der Waals surface area contributed by atoms with E-state index in [9.17, 15) is 4.79 Å². The summed E-state index contributed by atoms with van der Waals surface area (Å²) in [5, 5.41) is 0. The van der Waals surface area contributed by atoms with Gasteiger partial charge in [0.25, 0.3) is 0 Å². The van der Waals surface area contributed by atoms with Gasteiger partial charge in [-0.15, -0.1) is 0 Å². The fourth-order valence-electron chi connectivity index (χ4n) is 3.03. The second-order valence-corrected chi connectivity index (χ2v) is 5.88. The number of rotatable bonds is 4. The van der Waals surface area contributed by atoms with Crippen molar-refractivity contribution in [2.24, 2.45) is 4.99 Å². The summed E-state index contributed by atoms with van der Waals surface area (Å²) >= 11 is 0. The third-order valence-electron chi connectivity index (χ3n) is 4.41. The molecule has 2 aromatic carbocycles. The van der Waals surface area contributed by atoms with E-state index in [0.717, 1.165) is 41.2 Å². The molecular weight excluding hydrogens is 296 g/mol. The van der Waals surface area contributed by atoms with E-state index in [1.165, 1.54) is 5.69 Å². The Labute approximate surface area is 143 Å². The fraction of sp³-hybridized carbons (Fsp3) is 0.238. The summed E-state index contributed by atoms with van der Waals surface area (Å²) in [6.45, 7) is 8.38. The van der Waals surface area contributed by atoms with Crippen molar-refractivity contribution in [1.82, 2.24) is 0 Å². The Morgan fingerprint density at radius 1 is 0.958 bits per heavy atom. The quantitative estimate of drug-likeness (QED) is 0.817. The minimum atomic E-state index is 0.0400. The van der Waals surface area contributed by atoms with Crippen LogP contribution in [-0.2, 0) is 0 Å². The first-order chi connectivity index (χ1) is 11.6. The van der Waals surface area contributed by atoms with Crippen molar-refractivity contribution < 1.29 is 4.79 Å². The van der Waals surface area contributed by atoms with Crippen molar-refractivity contribution >= 4 is 22.9 Å². The van der Waals surface area contributed by atoms with Crippen molar-refractivity contribution in [3.63, 3.8) is 0 Å². The summed E-state index contributed by atoms with van der Waals surface area (Å²) in [5.74, 6) is 0.0400. The maximum absolute atomic E-state index is 12.0. The topological polar surface area (TPSA) is 32.7 Å². The van der Waals surface area contributed by atoms with E-state index in [-0.39, 0.29) is 5.78 Å². The predicted molar refractivity (Wildman–Crippen MR) is 101 cm³/mol. The van der Waals surface area contributed by atoms with Crippen LogP contribution in [0.4, 0.5) is 11.4 Å². The Morgan fingerprint density at radius 2 is 1.67 bits per heavy atom. The monoisotopic (exact) mass is 318 g/mol. The number of hydrogen-bond donors (Lipinski definition) is 0. The molecule has 0 aliphatic heterocycles. The molecule has 0 amide bonds. The maximum Gasteiger partial charge on any atom is 0.186 e. The number of benzene rings is 2. The van der Waals surface area contributed by atoms with E-state index >= 15 is 0 Å². The van der Waals surface area contributed by atoms with Crippen LogP contribution >= 0.6 is 0 Å². The molecule has 3 heteroatoms. The van der Waals surface area contributed by atoms with Gasteiger partial charge >= 0.3 is 0 Å². The van der Waals surface area contributed by atoms with Crippen LogP contribution in [0.25, 0.3) is 0 Å². The molecule has 0 heterocycles. The van der Waals surface area contributed by atoms with Crippen molar-refractivity contribution in [2.45, 2.75) is 20.8 Å². The van der Waals surface area contributed by atoms with E-state index in [0.29, 0.717) is 0 Å². The average Bonchev–Trinajstić information content (AvgIpc) is 2.60. The lowest BCUT2D eigenvalue weighted by Gasteiger charge is -2.22. The summed E-state index contributed by atoms with van der Waals surface area (Å²) in [6, 6.07) is 14.0. The third kappa shape index (κ3) is 3.02. The first kappa shape index (κ1) is 16.2. The van der Waals surface area contributed by atoms with Crippen molar-refractivity contribution in [3.8, 4) is 0 Å². The summed E-state index contributed by atoms with van der Waals surface area (Å²) in [6.07, 6.45) is 3.41. The number of fused-ring (bicyclic) bond motifs is 1.